The first-order valence-corrected chi connectivity index (χ1v) is 6.14. The molecule has 1 aliphatic heterocycles. The minimum atomic E-state index is 0.608. The third-order valence-corrected chi connectivity index (χ3v) is 3.52. The van der Waals surface area contributed by atoms with Crippen molar-refractivity contribution < 1.29 is 0 Å². The predicted octanol–water partition coefficient (Wildman–Crippen LogP) is 3.30. The molecule has 1 aliphatic rings. The first-order chi connectivity index (χ1) is 8.34. The molecule has 3 heteroatoms. The molecule has 1 aromatic heterocycles. The first-order valence-electron chi connectivity index (χ1n) is 5.77. The fourth-order valence-electron chi connectivity index (χ4n) is 2.31. The quantitative estimate of drug-likeness (QED) is 0.754. The predicted molar refractivity (Wildman–Crippen MR) is 70.4 cm³/mol. The number of hydrogen-bond acceptors (Lipinski definition) is 2. The topological polar surface area (TPSA) is 16.1 Å². The van der Waals surface area contributed by atoms with Gasteiger partial charge in [-0.15, -0.1) is 0 Å². The van der Waals surface area contributed by atoms with E-state index in [-0.39, 0.29) is 0 Å². The van der Waals surface area contributed by atoms with Crippen LogP contribution in [0.4, 0.5) is 5.69 Å². The summed E-state index contributed by atoms with van der Waals surface area (Å²) in [6.07, 6.45) is 2.85. The normalized spacial score (nSPS) is 13.8. The number of anilines is 1. The van der Waals surface area contributed by atoms with E-state index in [1.54, 1.807) is 6.20 Å². The Labute approximate surface area is 106 Å². The van der Waals surface area contributed by atoms with Crippen molar-refractivity contribution >= 4 is 17.3 Å². The zero-order valence-corrected chi connectivity index (χ0v) is 10.2. The number of fused-ring (bicyclic) bond motifs is 1. The third kappa shape index (κ3) is 2.01. The lowest BCUT2D eigenvalue weighted by Crippen LogP contribution is -2.19. The molecule has 1 aromatic carbocycles. The lowest BCUT2D eigenvalue weighted by Gasteiger charge is -2.19. The molecule has 0 saturated carbocycles. The second kappa shape index (κ2) is 4.38. The molecule has 0 unspecified atom stereocenters. The van der Waals surface area contributed by atoms with Gasteiger partial charge in [-0.1, -0.05) is 35.9 Å². The number of halogens is 1. The van der Waals surface area contributed by atoms with E-state index in [1.165, 1.54) is 11.3 Å². The Kier molecular flexibility index (Phi) is 2.73. The molecular weight excluding hydrogens is 232 g/mol. The Morgan fingerprint density at radius 1 is 1.18 bits per heavy atom. The summed E-state index contributed by atoms with van der Waals surface area (Å²) in [5.74, 6) is 0. The van der Waals surface area contributed by atoms with Crippen LogP contribution in [0.15, 0.2) is 42.6 Å². The van der Waals surface area contributed by atoms with Crippen molar-refractivity contribution in [3.63, 3.8) is 0 Å². The highest BCUT2D eigenvalue weighted by Crippen LogP contribution is 2.29. The molecule has 2 heterocycles. The molecule has 2 nitrogen and oxygen atoms in total. The average molecular weight is 245 g/mol. The van der Waals surface area contributed by atoms with E-state index in [0.717, 1.165) is 25.1 Å². The summed E-state index contributed by atoms with van der Waals surface area (Å²) in [7, 11) is 0. The van der Waals surface area contributed by atoms with Crippen LogP contribution in [0, 0.1) is 0 Å². The largest absolute Gasteiger partial charge is 0.367 e. The Morgan fingerprint density at radius 2 is 2.06 bits per heavy atom. The molecule has 17 heavy (non-hydrogen) atoms. The van der Waals surface area contributed by atoms with Crippen LogP contribution in [0.5, 0.6) is 0 Å². The van der Waals surface area contributed by atoms with Gasteiger partial charge in [0.15, 0.2) is 0 Å². The summed E-state index contributed by atoms with van der Waals surface area (Å²) in [6.45, 7) is 1.90. The molecule has 0 saturated heterocycles. The number of rotatable bonds is 2. The molecule has 0 spiro atoms. The minimum Gasteiger partial charge on any atom is -0.367 e. The highest BCUT2D eigenvalue weighted by Gasteiger charge is 2.18. The maximum Gasteiger partial charge on any atom is 0.133 e. The number of para-hydroxylation sites is 1. The van der Waals surface area contributed by atoms with Gasteiger partial charge in [0.1, 0.15) is 5.15 Å². The Bertz CT molecular complexity index is 539. The second-order valence-electron chi connectivity index (χ2n) is 4.25. The number of nitrogens with zero attached hydrogens (tertiary/aromatic N) is 2. The van der Waals surface area contributed by atoms with Crippen molar-refractivity contribution in [2.24, 2.45) is 0 Å². The summed E-state index contributed by atoms with van der Waals surface area (Å²) >= 11 is 6.09. The summed E-state index contributed by atoms with van der Waals surface area (Å²) in [4.78, 5) is 6.48. The van der Waals surface area contributed by atoms with Crippen LogP contribution < -0.4 is 4.90 Å². The van der Waals surface area contributed by atoms with Gasteiger partial charge in [0, 0.05) is 30.5 Å². The number of aromatic nitrogens is 1. The molecule has 3 rings (SSSR count). The van der Waals surface area contributed by atoms with Crippen LogP contribution in [0.1, 0.15) is 11.1 Å². The molecule has 86 valence electrons. The van der Waals surface area contributed by atoms with E-state index in [2.05, 4.69) is 34.1 Å². The smallest absolute Gasteiger partial charge is 0.133 e. The third-order valence-electron chi connectivity index (χ3n) is 3.18. The zero-order chi connectivity index (χ0) is 11.7. The standard InChI is InChI=1S/C14H13ClN2/c15-14-12(5-3-8-16-14)10-17-9-7-11-4-1-2-6-13(11)17/h1-6,8H,7,9-10H2. The molecule has 0 radical (unpaired) electrons. The average Bonchev–Trinajstić information content (AvgIpc) is 2.76. The maximum absolute atomic E-state index is 6.09. The van der Waals surface area contributed by atoms with Crippen molar-refractivity contribution in [2.45, 2.75) is 13.0 Å². The zero-order valence-electron chi connectivity index (χ0n) is 9.44. The number of benzene rings is 1. The van der Waals surface area contributed by atoms with E-state index in [0.29, 0.717) is 5.15 Å². The highest BCUT2D eigenvalue weighted by molar-refractivity contribution is 6.30. The lowest BCUT2D eigenvalue weighted by molar-refractivity contribution is 0.832. The van der Waals surface area contributed by atoms with Gasteiger partial charge in [0.2, 0.25) is 0 Å². The fourth-order valence-corrected chi connectivity index (χ4v) is 2.49. The van der Waals surface area contributed by atoms with E-state index in [1.807, 2.05) is 12.1 Å². The van der Waals surface area contributed by atoms with Gasteiger partial charge in [-0.3, -0.25) is 0 Å². The summed E-state index contributed by atoms with van der Waals surface area (Å²) in [6, 6.07) is 12.5. The minimum absolute atomic E-state index is 0.608. The number of pyridine rings is 1. The van der Waals surface area contributed by atoms with Gasteiger partial charge < -0.3 is 4.90 Å². The van der Waals surface area contributed by atoms with Crippen molar-refractivity contribution in [3.05, 3.63) is 58.9 Å². The highest BCUT2D eigenvalue weighted by atomic mass is 35.5. The summed E-state index contributed by atoms with van der Waals surface area (Å²) < 4.78 is 0. The van der Waals surface area contributed by atoms with Crippen molar-refractivity contribution in [2.75, 3.05) is 11.4 Å². The molecule has 0 aliphatic carbocycles. The van der Waals surface area contributed by atoms with E-state index in [4.69, 9.17) is 11.6 Å². The van der Waals surface area contributed by atoms with Crippen LogP contribution in [0.25, 0.3) is 0 Å². The van der Waals surface area contributed by atoms with Crippen molar-refractivity contribution in [1.29, 1.82) is 0 Å². The Hall–Kier alpha value is -1.54. The van der Waals surface area contributed by atoms with E-state index in [9.17, 15) is 0 Å². The van der Waals surface area contributed by atoms with Crippen LogP contribution in [-0.2, 0) is 13.0 Å². The molecule has 0 N–H and O–H groups in total. The van der Waals surface area contributed by atoms with Crippen LogP contribution in [0.3, 0.4) is 0 Å². The van der Waals surface area contributed by atoms with Crippen LogP contribution >= 0.6 is 11.6 Å². The van der Waals surface area contributed by atoms with Gasteiger partial charge in [-0.2, -0.15) is 0 Å². The lowest BCUT2D eigenvalue weighted by atomic mass is 10.2. The fraction of sp³-hybridized carbons (Fsp3) is 0.214. The van der Waals surface area contributed by atoms with Gasteiger partial charge in [-0.05, 0) is 24.1 Å². The summed E-state index contributed by atoms with van der Waals surface area (Å²) in [5, 5.41) is 0.608. The van der Waals surface area contributed by atoms with Crippen molar-refractivity contribution in [1.82, 2.24) is 4.98 Å². The van der Waals surface area contributed by atoms with Gasteiger partial charge >= 0.3 is 0 Å². The second-order valence-corrected chi connectivity index (χ2v) is 4.61. The van der Waals surface area contributed by atoms with Crippen LogP contribution in [0.2, 0.25) is 5.15 Å². The maximum atomic E-state index is 6.09. The van der Waals surface area contributed by atoms with Crippen molar-refractivity contribution in [3.8, 4) is 0 Å². The molecule has 0 fully saturated rings. The Balaban J connectivity index is 1.87. The van der Waals surface area contributed by atoms with E-state index < -0.39 is 0 Å². The molecule has 0 bridgehead atoms. The molecule has 0 amide bonds. The SMILES string of the molecule is Clc1ncccc1CN1CCc2ccccc21. The monoisotopic (exact) mass is 244 g/mol. The molecule has 2 aromatic rings. The molecule has 0 atom stereocenters. The first kappa shape index (κ1) is 10.6. The van der Waals surface area contributed by atoms with Gasteiger partial charge in [0.25, 0.3) is 0 Å². The van der Waals surface area contributed by atoms with Gasteiger partial charge in [-0.25, -0.2) is 4.98 Å². The molecular formula is C14H13ClN2. The van der Waals surface area contributed by atoms with Crippen LogP contribution in [-0.4, -0.2) is 11.5 Å². The summed E-state index contributed by atoms with van der Waals surface area (Å²) in [5.41, 5.74) is 3.84. The number of hydrogen-bond donors (Lipinski definition) is 0. The Morgan fingerprint density at radius 3 is 2.94 bits per heavy atom. The van der Waals surface area contributed by atoms with Gasteiger partial charge in [0.05, 0.1) is 0 Å². The van der Waals surface area contributed by atoms with E-state index >= 15 is 0 Å².